The summed E-state index contributed by atoms with van der Waals surface area (Å²) in [6.07, 6.45) is 0. The molecule has 2 heterocycles. The Morgan fingerprint density at radius 2 is 2.00 bits per heavy atom. The topological polar surface area (TPSA) is 72.7 Å². The second-order valence-corrected chi connectivity index (χ2v) is 6.98. The minimum Gasteiger partial charge on any atom is -0.454 e. The predicted octanol–water partition coefficient (Wildman–Crippen LogP) is 3.24. The fourth-order valence-corrected chi connectivity index (χ4v) is 3.04. The fourth-order valence-electron chi connectivity index (χ4n) is 3.04. The van der Waals surface area contributed by atoms with Gasteiger partial charge < -0.3 is 20.1 Å². The first-order valence-electron chi connectivity index (χ1n) is 9.47. The maximum atomic E-state index is 5.43. The van der Waals surface area contributed by atoms with Crippen LogP contribution in [0.5, 0.6) is 11.5 Å². The fraction of sp³-hybridized carbons (Fsp3) is 0.500. The van der Waals surface area contributed by atoms with Gasteiger partial charge in [-0.3, -0.25) is 4.68 Å². The molecular weight excluding hydrogens is 469 g/mol. The summed E-state index contributed by atoms with van der Waals surface area (Å²) in [5.41, 5.74) is 3.35. The van der Waals surface area contributed by atoms with E-state index in [9.17, 15) is 0 Å². The van der Waals surface area contributed by atoms with Crippen molar-refractivity contribution in [2.24, 2.45) is 10.9 Å². The second-order valence-electron chi connectivity index (χ2n) is 6.98. The molecule has 1 aromatic carbocycles. The Labute approximate surface area is 183 Å². The van der Waals surface area contributed by atoms with Gasteiger partial charge in [-0.25, -0.2) is 4.99 Å². The van der Waals surface area contributed by atoms with E-state index in [1.807, 2.05) is 25.1 Å². The molecule has 1 aliphatic rings. The van der Waals surface area contributed by atoms with Crippen molar-refractivity contribution in [2.75, 3.05) is 19.9 Å². The quantitative estimate of drug-likeness (QED) is 0.348. The van der Waals surface area contributed by atoms with Crippen LogP contribution in [0.1, 0.15) is 30.8 Å². The first-order valence-corrected chi connectivity index (χ1v) is 9.47. The Morgan fingerprint density at radius 3 is 2.71 bits per heavy atom. The molecule has 1 aromatic heterocycles. The summed E-state index contributed by atoms with van der Waals surface area (Å²) >= 11 is 0. The normalized spacial score (nSPS) is 13.8. The van der Waals surface area contributed by atoms with E-state index in [2.05, 4.69) is 52.2 Å². The molecule has 0 saturated heterocycles. The van der Waals surface area contributed by atoms with E-state index in [1.165, 1.54) is 5.69 Å². The largest absolute Gasteiger partial charge is 0.454 e. The lowest BCUT2D eigenvalue weighted by Gasteiger charge is -2.16. The highest BCUT2D eigenvalue weighted by atomic mass is 127. The molecule has 1 atom stereocenters. The van der Waals surface area contributed by atoms with E-state index in [-0.39, 0.29) is 24.0 Å². The molecule has 0 spiro atoms. The zero-order valence-corrected chi connectivity index (χ0v) is 19.3. The third-order valence-corrected chi connectivity index (χ3v) is 4.41. The number of halogens is 1. The smallest absolute Gasteiger partial charge is 0.231 e. The van der Waals surface area contributed by atoms with Crippen molar-refractivity contribution in [2.45, 2.75) is 40.8 Å². The van der Waals surface area contributed by atoms with Crippen LogP contribution in [-0.2, 0) is 13.1 Å². The number of ether oxygens (including phenoxy) is 2. The number of hydrogen-bond donors (Lipinski definition) is 2. The summed E-state index contributed by atoms with van der Waals surface area (Å²) in [5.74, 6) is 2.83. The minimum atomic E-state index is 0. The highest BCUT2D eigenvalue weighted by Gasteiger charge is 2.13. The molecule has 0 fully saturated rings. The monoisotopic (exact) mass is 499 g/mol. The van der Waals surface area contributed by atoms with Crippen LogP contribution in [0.3, 0.4) is 0 Å². The van der Waals surface area contributed by atoms with E-state index in [4.69, 9.17) is 9.47 Å². The summed E-state index contributed by atoms with van der Waals surface area (Å²) in [5, 5.41) is 11.3. The molecule has 1 unspecified atom stereocenters. The summed E-state index contributed by atoms with van der Waals surface area (Å²) in [6, 6.07) is 8.05. The maximum Gasteiger partial charge on any atom is 0.231 e. The van der Waals surface area contributed by atoms with Crippen LogP contribution >= 0.6 is 24.0 Å². The molecule has 2 N–H and O–H groups in total. The summed E-state index contributed by atoms with van der Waals surface area (Å²) in [4.78, 5) is 4.69. The summed E-state index contributed by atoms with van der Waals surface area (Å²) in [6.45, 7) is 11.8. The van der Waals surface area contributed by atoms with E-state index < -0.39 is 0 Å². The molecule has 0 aliphatic carbocycles. The molecular formula is C20H30IN5O2. The molecule has 0 bridgehead atoms. The van der Waals surface area contributed by atoms with Crippen LogP contribution in [0.15, 0.2) is 29.3 Å². The molecule has 7 nitrogen and oxygen atoms in total. The molecule has 0 saturated carbocycles. The average molecular weight is 499 g/mol. The number of nitrogens with zero attached hydrogens (tertiary/aromatic N) is 3. The zero-order chi connectivity index (χ0) is 19.2. The van der Waals surface area contributed by atoms with Crippen molar-refractivity contribution >= 4 is 29.9 Å². The highest BCUT2D eigenvalue weighted by molar-refractivity contribution is 14.0. The molecule has 154 valence electrons. The molecule has 3 rings (SSSR count). The van der Waals surface area contributed by atoms with Gasteiger partial charge >= 0.3 is 0 Å². The van der Waals surface area contributed by atoms with Gasteiger partial charge in [-0.05, 0) is 50.5 Å². The van der Waals surface area contributed by atoms with Gasteiger partial charge in [0.1, 0.15) is 0 Å². The van der Waals surface area contributed by atoms with Crippen molar-refractivity contribution < 1.29 is 9.47 Å². The van der Waals surface area contributed by atoms with Crippen molar-refractivity contribution in [3.05, 3.63) is 41.2 Å². The predicted molar refractivity (Wildman–Crippen MR) is 122 cm³/mol. The first kappa shape index (κ1) is 22.3. The summed E-state index contributed by atoms with van der Waals surface area (Å²) < 4.78 is 12.8. The number of guanidine groups is 1. The lowest BCUT2D eigenvalue weighted by atomic mass is 10.2. The van der Waals surface area contributed by atoms with Crippen LogP contribution in [0.25, 0.3) is 0 Å². The van der Waals surface area contributed by atoms with Gasteiger partial charge in [0.25, 0.3) is 0 Å². The van der Waals surface area contributed by atoms with Crippen LogP contribution in [0.4, 0.5) is 0 Å². The minimum absolute atomic E-state index is 0. The Balaban J connectivity index is 0.00000280. The van der Waals surface area contributed by atoms with Crippen molar-refractivity contribution in [1.29, 1.82) is 0 Å². The van der Waals surface area contributed by atoms with E-state index in [0.29, 0.717) is 19.3 Å². The molecule has 8 heteroatoms. The number of aryl methyl sites for hydroxylation is 2. The average Bonchev–Trinajstić information content (AvgIpc) is 3.22. The van der Waals surface area contributed by atoms with Gasteiger partial charge in [-0.2, -0.15) is 5.10 Å². The number of rotatable bonds is 7. The number of aromatic nitrogens is 2. The van der Waals surface area contributed by atoms with Crippen LogP contribution in [0, 0.1) is 19.8 Å². The molecule has 2 aromatic rings. The highest BCUT2D eigenvalue weighted by Crippen LogP contribution is 2.32. The Kier molecular flexibility index (Phi) is 8.40. The van der Waals surface area contributed by atoms with E-state index >= 15 is 0 Å². The molecule has 0 amide bonds. The molecule has 0 radical (unpaired) electrons. The number of aliphatic imine (C=N–C) groups is 1. The third kappa shape index (κ3) is 6.02. The van der Waals surface area contributed by atoms with Gasteiger partial charge in [0.15, 0.2) is 17.5 Å². The van der Waals surface area contributed by atoms with Crippen molar-refractivity contribution in [3.8, 4) is 11.5 Å². The van der Waals surface area contributed by atoms with Gasteiger partial charge in [-0.1, -0.05) is 13.0 Å². The third-order valence-electron chi connectivity index (χ3n) is 4.41. The molecule has 28 heavy (non-hydrogen) atoms. The summed E-state index contributed by atoms with van der Waals surface area (Å²) in [7, 11) is 0. The number of fused-ring (bicyclic) bond motifs is 1. The number of hydrogen-bond acceptors (Lipinski definition) is 4. The Morgan fingerprint density at radius 1 is 1.21 bits per heavy atom. The van der Waals surface area contributed by atoms with Crippen LogP contribution in [0.2, 0.25) is 0 Å². The van der Waals surface area contributed by atoms with Gasteiger partial charge in [0, 0.05) is 25.3 Å². The van der Waals surface area contributed by atoms with Crippen molar-refractivity contribution in [1.82, 2.24) is 20.4 Å². The second kappa shape index (κ2) is 10.5. The first-order chi connectivity index (χ1) is 13.0. The van der Waals surface area contributed by atoms with Gasteiger partial charge in [0.05, 0.1) is 12.2 Å². The van der Waals surface area contributed by atoms with Gasteiger partial charge in [-0.15, -0.1) is 24.0 Å². The van der Waals surface area contributed by atoms with Gasteiger partial charge in [0.2, 0.25) is 6.79 Å². The Hall–Kier alpha value is -1.97. The maximum absolute atomic E-state index is 5.43. The Bertz CT molecular complexity index is 806. The van der Waals surface area contributed by atoms with Crippen molar-refractivity contribution in [3.63, 3.8) is 0 Å². The lowest BCUT2D eigenvalue weighted by Crippen LogP contribution is -2.40. The number of nitrogens with one attached hydrogen (secondary N) is 2. The van der Waals surface area contributed by atoms with Crippen LogP contribution in [-0.4, -0.2) is 35.6 Å². The number of benzene rings is 1. The zero-order valence-electron chi connectivity index (χ0n) is 17.0. The lowest BCUT2D eigenvalue weighted by molar-refractivity contribution is 0.174. The molecule has 1 aliphatic heterocycles. The van der Waals surface area contributed by atoms with E-state index in [1.54, 1.807) is 0 Å². The SMILES string of the molecule is CCNC(=NCc1ccc2c(c1)OCO2)NCC(C)Cn1nc(C)cc1C.I. The van der Waals surface area contributed by atoms with Crippen LogP contribution < -0.4 is 20.1 Å². The van der Waals surface area contributed by atoms with E-state index in [0.717, 1.165) is 48.4 Å². The standard InChI is InChI=1S/C20H29N5O2.HI/c1-5-21-20(22-10-14(2)12-25-16(4)8-15(3)24-25)23-11-17-6-7-18-19(9-17)27-13-26-18;/h6-9,14H,5,10-13H2,1-4H3,(H2,21,22,23);1H.